The Morgan fingerprint density at radius 2 is 1.88 bits per heavy atom. The van der Waals surface area contributed by atoms with E-state index in [-0.39, 0.29) is 10.7 Å². The average Bonchev–Trinajstić information content (AvgIpc) is 3.40. The molecule has 0 spiro atoms. The molecule has 2 N–H and O–H groups in total. The van der Waals surface area contributed by atoms with E-state index in [0.717, 1.165) is 22.2 Å². The fourth-order valence-corrected chi connectivity index (χ4v) is 4.58. The minimum atomic E-state index is -0.561. The van der Waals surface area contributed by atoms with E-state index in [0.29, 0.717) is 21.7 Å². The van der Waals surface area contributed by atoms with Gasteiger partial charge < -0.3 is 9.40 Å². The molecular weight excluding hydrogens is 456 g/mol. The second kappa shape index (κ2) is 8.34. The second-order valence-electron chi connectivity index (χ2n) is 7.49. The summed E-state index contributed by atoms with van der Waals surface area (Å²) in [7, 11) is 0. The van der Waals surface area contributed by atoms with Gasteiger partial charge in [-0.05, 0) is 85.4 Å². The number of furan rings is 1. The summed E-state index contributed by atoms with van der Waals surface area (Å²) in [5.74, 6) is -0.685. The quantitative estimate of drug-likeness (QED) is 0.252. The van der Waals surface area contributed by atoms with Gasteiger partial charge >= 0.3 is 0 Å². The number of thiocarbonyl (C=S) groups is 1. The normalized spacial score (nSPS) is 15.5. The molecule has 1 saturated heterocycles. The van der Waals surface area contributed by atoms with Crippen LogP contribution in [0, 0.1) is 13.8 Å². The summed E-state index contributed by atoms with van der Waals surface area (Å²) in [6.07, 6.45) is 1.43. The number of nitrogens with one attached hydrogen (secondary N) is 2. The zero-order valence-electron chi connectivity index (χ0n) is 17.7. The molecule has 9 heteroatoms. The van der Waals surface area contributed by atoms with E-state index >= 15 is 0 Å². The van der Waals surface area contributed by atoms with Crippen LogP contribution in [0.4, 0.5) is 5.69 Å². The SMILES string of the molecule is Cc1cccc(N2C(=O)/C(=C/c3ccc(Sc4nc5ccccc5[nH]4)o3)C(=O)NC2=S)c1C. The lowest BCUT2D eigenvalue weighted by Crippen LogP contribution is -2.54. The summed E-state index contributed by atoms with van der Waals surface area (Å²) in [5.41, 5.74) is 4.30. The van der Waals surface area contributed by atoms with E-state index in [1.807, 2.05) is 50.2 Å². The van der Waals surface area contributed by atoms with Gasteiger partial charge in [-0.25, -0.2) is 4.98 Å². The fraction of sp³-hybridized carbons (Fsp3) is 0.0833. The summed E-state index contributed by atoms with van der Waals surface area (Å²) >= 11 is 6.62. The minimum Gasteiger partial charge on any atom is -0.450 e. The van der Waals surface area contributed by atoms with E-state index < -0.39 is 11.8 Å². The van der Waals surface area contributed by atoms with Crippen molar-refractivity contribution in [3.63, 3.8) is 0 Å². The van der Waals surface area contributed by atoms with Gasteiger partial charge in [0, 0.05) is 0 Å². The Kier molecular flexibility index (Phi) is 5.35. The van der Waals surface area contributed by atoms with Crippen LogP contribution in [0.2, 0.25) is 0 Å². The minimum absolute atomic E-state index is 0.0522. The summed E-state index contributed by atoms with van der Waals surface area (Å²) in [6.45, 7) is 3.87. The molecule has 1 aliphatic rings. The van der Waals surface area contributed by atoms with Crippen LogP contribution in [-0.4, -0.2) is 26.9 Å². The topological polar surface area (TPSA) is 91.2 Å². The molecule has 2 aromatic heterocycles. The molecule has 3 heterocycles. The molecule has 1 fully saturated rings. The number of carbonyl (C=O) groups is 2. The molecule has 4 aromatic rings. The molecule has 164 valence electrons. The highest BCUT2D eigenvalue weighted by atomic mass is 32.2. The monoisotopic (exact) mass is 474 g/mol. The molecule has 2 amide bonds. The largest absolute Gasteiger partial charge is 0.450 e. The van der Waals surface area contributed by atoms with Crippen LogP contribution in [0.5, 0.6) is 0 Å². The third kappa shape index (κ3) is 3.96. The molecule has 0 radical (unpaired) electrons. The van der Waals surface area contributed by atoms with Crippen LogP contribution in [0.3, 0.4) is 0 Å². The lowest BCUT2D eigenvalue weighted by molar-refractivity contribution is -0.122. The predicted molar refractivity (Wildman–Crippen MR) is 131 cm³/mol. The van der Waals surface area contributed by atoms with Gasteiger partial charge in [0.15, 0.2) is 15.4 Å². The van der Waals surface area contributed by atoms with Crippen molar-refractivity contribution in [2.45, 2.75) is 24.1 Å². The van der Waals surface area contributed by atoms with Crippen molar-refractivity contribution >= 4 is 63.7 Å². The summed E-state index contributed by atoms with van der Waals surface area (Å²) in [4.78, 5) is 34.9. The maximum Gasteiger partial charge on any atom is 0.270 e. The molecule has 0 bridgehead atoms. The number of amides is 2. The molecule has 33 heavy (non-hydrogen) atoms. The zero-order chi connectivity index (χ0) is 23.1. The zero-order valence-corrected chi connectivity index (χ0v) is 19.3. The average molecular weight is 475 g/mol. The Hall–Kier alpha value is -3.69. The van der Waals surface area contributed by atoms with Crippen molar-refractivity contribution in [1.29, 1.82) is 0 Å². The van der Waals surface area contributed by atoms with Crippen molar-refractivity contribution in [3.05, 3.63) is 77.1 Å². The number of H-pyrrole nitrogens is 1. The highest BCUT2D eigenvalue weighted by Gasteiger charge is 2.35. The lowest BCUT2D eigenvalue weighted by Gasteiger charge is -2.30. The number of para-hydroxylation sites is 2. The van der Waals surface area contributed by atoms with Gasteiger partial charge in [0.2, 0.25) is 0 Å². The maximum atomic E-state index is 13.3. The van der Waals surface area contributed by atoms with Crippen molar-refractivity contribution in [2.75, 3.05) is 4.90 Å². The number of anilines is 1. The number of aromatic nitrogens is 2. The number of rotatable bonds is 4. The molecule has 1 aliphatic heterocycles. The molecule has 5 rings (SSSR count). The Morgan fingerprint density at radius 3 is 2.70 bits per heavy atom. The van der Waals surface area contributed by atoms with Crippen LogP contribution < -0.4 is 10.2 Å². The molecule has 0 atom stereocenters. The number of aryl methyl sites for hydroxylation is 1. The van der Waals surface area contributed by atoms with Crippen LogP contribution in [0.1, 0.15) is 16.9 Å². The number of fused-ring (bicyclic) bond motifs is 1. The standard InChI is InChI=1S/C24H18N4O3S2/c1-13-6-5-9-19(14(13)2)28-22(30)16(21(29)27-24(28)32)12-15-10-11-20(31-15)33-23-25-17-7-3-4-8-18(17)26-23/h3-12H,1-2H3,(H,25,26)(H,27,29,32)/b16-12+. The number of carbonyl (C=O) groups excluding carboxylic acids is 2. The molecule has 0 unspecified atom stereocenters. The summed E-state index contributed by atoms with van der Waals surface area (Å²) in [6, 6.07) is 16.8. The molecule has 0 aliphatic carbocycles. The lowest BCUT2D eigenvalue weighted by atomic mass is 10.0. The third-order valence-corrected chi connectivity index (χ3v) is 6.46. The number of imidazole rings is 1. The molecule has 2 aromatic carbocycles. The van der Waals surface area contributed by atoms with Gasteiger partial charge in [0.05, 0.1) is 16.7 Å². The first-order valence-corrected chi connectivity index (χ1v) is 11.3. The number of nitrogens with zero attached hydrogens (tertiary/aromatic N) is 2. The van der Waals surface area contributed by atoms with E-state index in [1.54, 1.807) is 18.2 Å². The smallest absolute Gasteiger partial charge is 0.270 e. The van der Waals surface area contributed by atoms with Gasteiger partial charge in [-0.1, -0.05) is 24.3 Å². The van der Waals surface area contributed by atoms with Crippen molar-refractivity contribution < 1.29 is 14.0 Å². The molecule has 7 nitrogen and oxygen atoms in total. The van der Waals surface area contributed by atoms with Crippen LogP contribution >= 0.6 is 24.0 Å². The molecular formula is C24H18N4O3S2. The van der Waals surface area contributed by atoms with Crippen LogP contribution in [0.25, 0.3) is 17.1 Å². The fourth-order valence-electron chi connectivity index (χ4n) is 3.54. The van der Waals surface area contributed by atoms with Gasteiger partial charge in [-0.15, -0.1) is 0 Å². The van der Waals surface area contributed by atoms with E-state index in [1.165, 1.54) is 22.7 Å². The van der Waals surface area contributed by atoms with Crippen molar-refractivity contribution in [2.24, 2.45) is 0 Å². The highest BCUT2D eigenvalue weighted by molar-refractivity contribution is 7.99. The first kappa shape index (κ1) is 21.2. The predicted octanol–water partition coefficient (Wildman–Crippen LogP) is 4.76. The van der Waals surface area contributed by atoms with Gasteiger partial charge in [0.1, 0.15) is 11.3 Å². The Bertz CT molecular complexity index is 1430. The van der Waals surface area contributed by atoms with Gasteiger partial charge in [-0.2, -0.15) is 0 Å². The number of aromatic amines is 1. The summed E-state index contributed by atoms with van der Waals surface area (Å²) in [5, 5.41) is 3.91. The van der Waals surface area contributed by atoms with Crippen molar-refractivity contribution in [3.8, 4) is 0 Å². The first-order valence-electron chi connectivity index (χ1n) is 10.1. The number of benzene rings is 2. The summed E-state index contributed by atoms with van der Waals surface area (Å²) < 4.78 is 5.84. The molecule has 0 saturated carbocycles. The third-order valence-electron chi connectivity index (χ3n) is 5.37. The van der Waals surface area contributed by atoms with Gasteiger partial charge in [-0.3, -0.25) is 19.8 Å². The van der Waals surface area contributed by atoms with Crippen LogP contribution in [0.15, 0.2) is 74.8 Å². The maximum absolute atomic E-state index is 13.3. The van der Waals surface area contributed by atoms with E-state index in [9.17, 15) is 9.59 Å². The Labute approximate surface area is 198 Å². The highest BCUT2D eigenvalue weighted by Crippen LogP contribution is 2.31. The van der Waals surface area contributed by atoms with Gasteiger partial charge in [0.25, 0.3) is 11.8 Å². The van der Waals surface area contributed by atoms with Crippen molar-refractivity contribution in [1.82, 2.24) is 15.3 Å². The van der Waals surface area contributed by atoms with E-state index in [2.05, 4.69) is 15.3 Å². The Morgan fingerprint density at radius 1 is 1.06 bits per heavy atom. The van der Waals surface area contributed by atoms with Crippen LogP contribution in [-0.2, 0) is 9.59 Å². The second-order valence-corrected chi connectivity index (χ2v) is 8.87. The Balaban J connectivity index is 1.42. The first-order chi connectivity index (χ1) is 15.9. The number of hydrogen-bond donors (Lipinski definition) is 2. The van der Waals surface area contributed by atoms with E-state index in [4.69, 9.17) is 16.6 Å². The number of hydrogen-bond acceptors (Lipinski definition) is 6.